The molecule has 1 aromatic rings. The van der Waals surface area contributed by atoms with Gasteiger partial charge in [-0.3, -0.25) is 14.7 Å². The van der Waals surface area contributed by atoms with Crippen molar-refractivity contribution in [2.45, 2.75) is 39.2 Å². The molecule has 22 heavy (non-hydrogen) atoms. The first-order chi connectivity index (χ1) is 10.6. The molecule has 0 aliphatic carbocycles. The van der Waals surface area contributed by atoms with E-state index in [2.05, 4.69) is 22.9 Å². The minimum Gasteiger partial charge on any atom is -0.481 e. The van der Waals surface area contributed by atoms with Crippen LogP contribution in [0.4, 0.5) is 0 Å². The molecule has 5 heteroatoms. The first-order valence-corrected chi connectivity index (χ1v) is 7.98. The number of likely N-dealkylation sites (tertiary alicyclic amines) is 1. The third kappa shape index (κ3) is 4.05. The molecule has 2 heterocycles. The average Bonchev–Trinajstić information content (AvgIpc) is 2.54. The number of hydrogen-bond donors (Lipinski definition) is 1. The van der Waals surface area contributed by atoms with Crippen LogP contribution in [0.5, 0.6) is 0 Å². The Labute approximate surface area is 132 Å². The number of aliphatic carboxylic acids is 1. The number of aryl methyl sites for hydroxylation is 1. The van der Waals surface area contributed by atoms with E-state index in [-0.39, 0.29) is 0 Å². The lowest BCUT2D eigenvalue weighted by atomic mass is 9.77. The lowest BCUT2D eigenvalue weighted by Gasteiger charge is -2.39. The van der Waals surface area contributed by atoms with Gasteiger partial charge in [-0.25, -0.2) is 0 Å². The number of methoxy groups -OCH3 is 1. The van der Waals surface area contributed by atoms with E-state index in [1.165, 1.54) is 5.56 Å². The van der Waals surface area contributed by atoms with Crippen molar-refractivity contribution in [1.82, 2.24) is 9.88 Å². The fourth-order valence-electron chi connectivity index (χ4n) is 3.13. The summed E-state index contributed by atoms with van der Waals surface area (Å²) >= 11 is 0. The molecule has 1 aliphatic heterocycles. The molecule has 1 aromatic heterocycles. The van der Waals surface area contributed by atoms with Crippen LogP contribution in [0.1, 0.15) is 37.4 Å². The molecule has 0 saturated carbocycles. The SMILES string of the molecule is CCc1ccc(CN2CCC[C@](CCOC)(C(=O)O)C2)nc1. The molecule has 0 unspecified atom stereocenters. The average molecular weight is 306 g/mol. The van der Waals surface area contributed by atoms with Gasteiger partial charge in [0.05, 0.1) is 11.1 Å². The first-order valence-electron chi connectivity index (χ1n) is 7.98. The van der Waals surface area contributed by atoms with Crippen molar-refractivity contribution < 1.29 is 14.6 Å². The maximum absolute atomic E-state index is 11.8. The Bertz CT molecular complexity index is 489. The highest BCUT2D eigenvalue weighted by atomic mass is 16.5. The predicted molar refractivity (Wildman–Crippen MR) is 84.7 cm³/mol. The smallest absolute Gasteiger partial charge is 0.311 e. The highest BCUT2D eigenvalue weighted by Gasteiger charge is 2.41. The number of piperidine rings is 1. The summed E-state index contributed by atoms with van der Waals surface area (Å²) in [6, 6.07) is 4.15. The van der Waals surface area contributed by atoms with Crippen molar-refractivity contribution in [2.24, 2.45) is 5.41 Å². The molecule has 0 amide bonds. The van der Waals surface area contributed by atoms with Gasteiger partial charge in [0.2, 0.25) is 0 Å². The van der Waals surface area contributed by atoms with Crippen molar-refractivity contribution >= 4 is 5.97 Å². The number of carbonyl (C=O) groups is 1. The van der Waals surface area contributed by atoms with E-state index >= 15 is 0 Å². The highest BCUT2D eigenvalue weighted by molar-refractivity contribution is 5.75. The van der Waals surface area contributed by atoms with Crippen LogP contribution < -0.4 is 0 Å². The lowest BCUT2D eigenvalue weighted by molar-refractivity contribution is -0.154. The number of hydrogen-bond acceptors (Lipinski definition) is 4. The number of rotatable bonds is 7. The first kappa shape index (κ1) is 16.9. The molecule has 1 fully saturated rings. The van der Waals surface area contributed by atoms with Gasteiger partial charge in [-0.1, -0.05) is 13.0 Å². The monoisotopic (exact) mass is 306 g/mol. The second-order valence-electron chi connectivity index (χ2n) is 6.15. The fourth-order valence-corrected chi connectivity index (χ4v) is 3.13. The molecule has 1 aliphatic rings. The van der Waals surface area contributed by atoms with E-state index in [1.54, 1.807) is 7.11 Å². The Kier molecular flexibility index (Phi) is 5.91. The summed E-state index contributed by atoms with van der Waals surface area (Å²) in [4.78, 5) is 18.5. The second-order valence-corrected chi connectivity index (χ2v) is 6.15. The van der Waals surface area contributed by atoms with Crippen molar-refractivity contribution in [3.63, 3.8) is 0 Å². The normalized spacial score (nSPS) is 22.6. The highest BCUT2D eigenvalue weighted by Crippen LogP contribution is 2.34. The zero-order valence-electron chi connectivity index (χ0n) is 13.5. The Morgan fingerprint density at radius 1 is 1.50 bits per heavy atom. The molecule has 5 nitrogen and oxygen atoms in total. The van der Waals surface area contributed by atoms with Gasteiger partial charge in [-0.05, 0) is 43.9 Å². The Morgan fingerprint density at radius 2 is 2.32 bits per heavy atom. The predicted octanol–water partition coefficient (Wildman–Crippen LogP) is 2.35. The molecule has 122 valence electrons. The van der Waals surface area contributed by atoms with Gasteiger partial charge < -0.3 is 9.84 Å². The summed E-state index contributed by atoms with van der Waals surface area (Å²) in [7, 11) is 1.62. The molecule has 0 bridgehead atoms. The number of nitrogens with zero attached hydrogens (tertiary/aromatic N) is 2. The number of pyridine rings is 1. The van der Waals surface area contributed by atoms with Gasteiger partial charge in [-0.2, -0.15) is 0 Å². The molecule has 1 atom stereocenters. The van der Waals surface area contributed by atoms with Crippen molar-refractivity contribution in [3.8, 4) is 0 Å². The van der Waals surface area contributed by atoms with E-state index in [1.807, 2.05) is 12.3 Å². The molecule has 2 rings (SSSR count). The molecule has 1 saturated heterocycles. The maximum Gasteiger partial charge on any atom is 0.311 e. The number of aromatic nitrogens is 1. The Balaban J connectivity index is 2.03. The second kappa shape index (κ2) is 7.70. The summed E-state index contributed by atoms with van der Waals surface area (Å²) in [5.74, 6) is -0.705. The van der Waals surface area contributed by atoms with E-state index < -0.39 is 11.4 Å². The van der Waals surface area contributed by atoms with Crippen LogP contribution in [0.3, 0.4) is 0 Å². The van der Waals surface area contributed by atoms with E-state index in [0.29, 0.717) is 26.1 Å². The summed E-state index contributed by atoms with van der Waals surface area (Å²) in [6.07, 6.45) is 5.09. The molecule has 1 N–H and O–H groups in total. The Morgan fingerprint density at radius 3 is 2.91 bits per heavy atom. The minimum atomic E-state index is -0.705. The maximum atomic E-state index is 11.8. The van der Waals surface area contributed by atoms with Crippen LogP contribution in [-0.2, 0) is 22.5 Å². The van der Waals surface area contributed by atoms with Gasteiger partial charge in [0.1, 0.15) is 0 Å². The van der Waals surface area contributed by atoms with Crippen molar-refractivity contribution in [3.05, 3.63) is 29.6 Å². The van der Waals surface area contributed by atoms with E-state index in [9.17, 15) is 9.90 Å². The topological polar surface area (TPSA) is 62.7 Å². The van der Waals surface area contributed by atoms with Crippen LogP contribution in [0.15, 0.2) is 18.3 Å². The van der Waals surface area contributed by atoms with Crippen LogP contribution in [0.2, 0.25) is 0 Å². The minimum absolute atomic E-state index is 0.490. The van der Waals surface area contributed by atoms with Gasteiger partial charge in [0, 0.05) is 33.0 Å². The molecule has 0 radical (unpaired) electrons. The van der Waals surface area contributed by atoms with E-state index in [4.69, 9.17) is 4.74 Å². The van der Waals surface area contributed by atoms with Gasteiger partial charge in [0.25, 0.3) is 0 Å². The number of ether oxygens (including phenoxy) is 1. The largest absolute Gasteiger partial charge is 0.481 e. The van der Waals surface area contributed by atoms with Crippen LogP contribution in [-0.4, -0.2) is 47.8 Å². The fraction of sp³-hybridized carbons (Fsp3) is 0.647. The van der Waals surface area contributed by atoms with Crippen LogP contribution in [0, 0.1) is 5.41 Å². The molecular formula is C17H26N2O3. The van der Waals surface area contributed by atoms with Crippen LogP contribution >= 0.6 is 0 Å². The summed E-state index contributed by atoms with van der Waals surface area (Å²) in [6.45, 7) is 4.82. The number of carboxylic acid groups (broad SMARTS) is 1. The molecule has 0 spiro atoms. The third-order valence-corrected chi connectivity index (χ3v) is 4.57. The summed E-state index contributed by atoms with van der Waals surface area (Å²) < 4.78 is 5.10. The lowest BCUT2D eigenvalue weighted by Crippen LogP contribution is -2.48. The summed E-state index contributed by atoms with van der Waals surface area (Å²) in [5, 5.41) is 9.67. The zero-order valence-corrected chi connectivity index (χ0v) is 13.5. The van der Waals surface area contributed by atoms with Crippen molar-refractivity contribution in [1.29, 1.82) is 0 Å². The van der Waals surface area contributed by atoms with Crippen LogP contribution in [0.25, 0.3) is 0 Å². The Hall–Kier alpha value is -1.46. The summed E-state index contributed by atoms with van der Waals surface area (Å²) in [5.41, 5.74) is 1.55. The van der Waals surface area contributed by atoms with Gasteiger partial charge in [-0.15, -0.1) is 0 Å². The third-order valence-electron chi connectivity index (χ3n) is 4.57. The molecular weight excluding hydrogens is 280 g/mol. The van der Waals surface area contributed by atoms with Gasteiger partial charge in [0.15, 0.2) is 0 Å². The van der Waals surface area contributed by atoms with Gasteiger partial charge >= 0.3 is 5.97 Å². The molecule has 0 aromatic carbocycles. The quantitative estimate of drug-likeness (QED) is 0.838. The number of carboxylic acids is 1. The zero-order chi connectivity index (χ0) is 16.0. The van der Waals surface area contributed by atoms with Crippen molar-refractivity contribution in [2.75, 3.05) is 26.8 Å². The van der Waals surface area contributed by atoms with E-state index in [0.717, 1.165) is 31.5 Å². The standard InChI is InChI=1S/C17H26N2O3/c1-3-14-5-6-15(18-11-14)12-19-9-4-7-17(13-19,16(20)21)8-10-22-2/h5-6,11H,3-4,7-10,12-13H2,1-2H3,(H,20,21)/t17-/m1/s1.